The first-order chi connectivity index (χ1) is 13.4. The molecule has 2 N–H and O–H groups in total. The van der Waals surface area contributed by atoms with E-state index < -0.39 is 10.0 Å². The van der Waals surface area contributed by atoms with Crippen LogP contribution < -0.4 is 10.0 Å². The number of carbonyl (C=O) groups excluding carboxylic acids is 1. The normalized spacial score (nSPS) is 11.2. The molecule has 0 saturated heterocycles. The number of hydrogen-bond donors (Lipinski definition) is 2. The quantitative estimate of drug-likeness (QED) is 0.589. The van der Waals surface area contributed by atoms with E-state index in [4.69, 9.17) is 4.52 Å². The molecule has 0 aliphatic heterocycles. The molecule has 0 radical (unpaired) electrons. The van der Waals surface area contributed by atoms with E-state index in [-0.39, 0.29) is 18.9 Å². The number of aryl methyl sites for hydroxylation is 1. The number of para-hydroxylation sites is 1. The summed E-state index contributed by atoms with van der Waals surface area (Å²) in [7, 11) is -3.40. The first-order valence-electron chi connectivity index (χ1n) is 8.46. The van der Waals surface area contributed by atoms with E-state index >= 15 is 0 Å². The summed E-state index contributed by atoms with van der Waals surface area (Å²) in [6.45, 7) is 0.198. The molecule has 0 bridgehead atoms. The van der Waals surface area contributed by atoms with Crippen molar-refractivity contribution in [1.82, 2.24) is 20.4 Å². The van der Waals surface area contributed by atoms with Gasteiger partial charge in [-0.2, -0.15) is 4.98 Å². The average Bonchev–Trinajstić information content (AvgIpc) is 3.14. The number of nitrogens with zero attached hydrogens (tertiary/aromatic N) is 3. The van der Waals surface area contributed by atoms with Gasteiger partial charge in [-0.3, -0.25) is 14.5 Å². The van der Waals surface area contributed by atoms with Crippen LogP contribution in [0.3, 0.4) is 0 Å². The highest BCUT2D eigenvalue weighted by Gasteiger charge is 2.12. The molecule has 10 heteroatoms. The van der Waals surface area contributed by atoms with Crippen LogP contribution >= 0.6 is 0 Å². The maximum absolute atomic E-state index is 12.1. The lowest BCUT2D eigenvalue weighted by Gasteiger charge is -2.11. The number of amides is 1. The molecule has 0 spiro atoms. The fourth-order valence-corrected chi connectivity index (χ4v) is 3.05. The zero-order valence-electron chi connectivity index (χ0n) is 15.1. The van der Waals surface area contributed by atoms with Gasteiger partial charge in [-0.25, -0.2) is 8.42 Å². The molecular formula is C18H19N5O4S. The van der Waals surface area contributed by atoms with Crippen LogP contribution in [0.2, 0.25) is 0 Å². The summed E-state index contributed by atoms with van der Waals surface area (Å²) in [5.74, 6) is 0.595. The van der Waals surface area contributed by atoms with Crippen LogP contribution in [0.5, 0.6) is 0 Å². The lowest BCUT2D eigenvalue weighted by atomic mass is 10.2. The Bertz CT molecular complexity index is 1050. The molecule has 3 aromatic rings. The fourth-order valence-electron chi connectivity index (χ4n) is 2.45. The van der Waals surface area contributed by atoms with Crippen LogP contribution in [-0.2, 0) is 27.8 Å². The molecule has 0 aliphatic rings. The van der Waals surface area contributed by atoms with Crippen molar-refractivity contribution in [3.05, 3.63) is 60.2 Å². The Balaban J connectivity index is 1.53. The molecule has 3 rings (SSSR count). The predicted molar refractivity (Wildman–Crippen MR) is 103 cm³/mol. The highest BCUT2D eigenvalue weighted by Crippen LogP contribution is 2.17. The number of benzene rings is 1. The van der Waals surface area contributed by atoms with Crippen LogP contribution in [0.1, 0.15) is 17.9 Å². The second kappa shape index (κ2) is 8.61. The van der Waals surface area contributed by atoms with Gasteiger partial charge in [0.15, 0.2) is 0 Å². The second-order valence-electron chi connectivity index (χ2n) is 6.06. The maximum Gasteiger partial charge on any atom is 0.229 e. The zero-order chi connectivity index (χ0) is 20.0. The van der Waals surface area contributed by atoms with Crippen molar-refractivity contribution in [3.8, 4) is 11.4 Å². The van der Waals surface area contributed by atoms with Gasteiger partial charge in [0.25, 0.3) is 0 Å². The Hall–Kier alpha value is -3.27. The summed E-state index contributed by atoms with van der Waals surface area (Å²) >= 11 is 0. The fraction of sp³-hybridized carbons (Fsp3) is 0.222. The van der Waals surface area contributed by atoms with E-state index in [1.165, 1.54) is 0 Å². The SMILES string of the molecule is CS(=O)(=O)Nc1ccccc1CNC(=O)CCc1nc(-c2ccncc2)no1. The van der Waals surface area contributed by atoms with E-state index in [2.05, 4.69) is 25.2 Å². The zero-order valence-corrected chi connectivity index (χ0v) is 15.9. The Labute approximate surface area is 162 Å². The van der Waals surface area contributed by atoms with Crippen LogP contribution in [-0.4, -0.2) is 35.7 Å². The van der Waals surface area contributed by atoms with Gasteiger partial charge in [0.1, 0.15) is 0 Å². The number of nitrogens with one attached hydrogen (secondary N) is 2. The van der Waals surface area contributed by atoms with E-state index in [9.17, 15) is 13.2 Å². The standard InChI is InChI=1S/C18H19N5O4S/c1-28(25,26)23-15-5-3-2-4-14(15)12-20-16(24)6-7-17-21-18(22-27-17)13-8-10-19-11-9-13/h2-5,8-11,23H,6-7,12H2,1H3,(H,20,24). The number of hydrogen-bond acceptors (Lipinski definition) is 7. The number of carbonyl (C=O) groups is 1. The van der Waals surface area contributed by atoms with Gasteiger partial charge in [-0.15, -0.1) is 0 Å². The molecule has 0 fully saturated rings. The molecule has 0 aliphatic carbocycles. The molecule has 0 atom stereocenters. The molecule has 1 amide bonds. The van der Waals surface area contributed by atoms with Crippen molar-refractivity contribution < 1.29 is 17.7 Å². The third-order valence-corrected chi connectivity index (χ3v) is 4.35. The van der Waals surface area contributed by atoms with E-state index in [1.807, 2.05) is 0 Å². The van der Waals surface area contributed by atoms with Crippen LogP contribution in [0.15, 0.2) is 53.3 Å². The summed E-state index contributed by atoms with van der Waals surface area (Å²) in [5, 5.41) is 6.65. The second-order valence-corrected chi connectivity index (χ2v) is 7.80. The molecule has 0 saturated carbocycles. The minimum absolute atomic E-state index is 0.166. The summed E-state index contributed by atoms with van der Waals surface area (Å²) in [6.07, 6.45) is 4.81. The van der Waals surface area contributed by atoms with Crippen molar-refractivity contribution in [2.24, 2.45) is 0 Å². The van der Waals surface area contributed by atoms with Crippen LogP contribution in [0.4, 0.5) is 5.69 Å². The monoisotopic (exact) mass is 401 g/mol. The van der Waals surface area contributed by atoms with Gasteiger partial charge in [0.2, 0.25) is 27.6 Å². The smallest absolute Gasteiger partial charge is 0.229 e. The van der Waals surface area contributed by atoms with E-state index in [0.717, 1.165) is 11.8 Å². The lowest BCUT2D eigenvalue weighted by molar-refractivity contribution is -0.121. The van der Waals surface area contributed by atoms with Crippen molar-refractivity contribution in [3.63, 3.8) is 0 Å². The molecule has 1 aromatic carbocycles. The number of sulfonamides is 1. The molecule has 9 nitrogen and oxygen atoms in total. The Kier molecular flexibility index (Phi) is 5.99. The molecule has 28 heavy (non-hydrogen) atoms. The van der Waals surface area contributed by atoms with Gasteiger partial charge in [0, 0.05) is 37.3 Å². The number of rotatable bonds is 8. The molecule has 2 heterocycles. The number of aromatic nitrogens is 3. The van der Waals surface area contributed by atoms with Gasteiger partial charge >= 0.3 is 0 Å². The topological polar surface area (TPSA) is 127 Å². The van der Waals surface area contributed by atoms with Gasteiger partial charge in [0.05, 0.1) is 11.9 Å². The van der Waals surface area contributed by atoms with Gasteiger partial charge < -0.3 is 9.84 Å². The highest BCUT2D eigenvalue weighted by atomic mass is 32.2. The third-order valence-electron chi connectivity index (χ3n) is 3.76. The molecule has 0 unspecified atom stereocenters. The molecular weight excluding hydrogens is 382 g/mol. The lowest BCUT2D eigenvalue weighted by Crippen LogP contribution is -2.24. The van der Waals surface area contributed by atoms with Gasteiger partial charge in [-0.05, 0) is 23.8 Å². The van der Waals surface area contributed by atoms with E-state index in [0.29, 0.717) is 29.4 Å². The molecule has 2 aromatic heterocycles. The Morgan fingerprint density at radius 1 is 1.14 bits per heavy atom. The summed E-state index contributed by atoms with van der Waals surface area (Å²) in [5.41, 5.74) is 1.88. The van der Waals surface area contributed by atoms with Crippen LogP contribution in [0.25, 0.3) is 11.4 Å². The Morgan fingerprint density at radius 2 is 1.89 bits per heavy atom. The summed E-state index contributed by atoms with van der Waals surface area (Å²) < 4.78 is 30.5. The minimum atomic E-state index is -3.40. The van der Waals surface area contributed by atoms with Gasteiger partial charge in [-0.1, -0.05) is 23.4 Å². The van der Waals surface area contributed by atoms with Crippen molar-refractivity contribution >= 4 is 21.6 Å². The third kappa shape index (κ3) is 5.61. The first-order valence-corrected chi connectivity index (χ1v) is 10.4. The van der Waals surface area contributed by atoms with Crippen LogP contribution in [0, 0.1) is 0 Å². The maximum atomic E-state index is 12.1. The van der Waals surface area contributed by atoms with Crippen molar-refractivity contribution in [1.29, 1.82) is 0 Å². The Morgan fingerprint density at radius 3 is 2.64 bits per heavy atom. The summed E-state index contributed by atoms with van der Waals surface area (Å²) in [4.78, 5) is 20.3. The number of pyridine rings is 1. The van der Waals surface area contributed by atoms with Crippen molar-refractivity contribution in [2.75, 3.05) is 11.0 Å². The largest absolute Gasteiger partial charge is 0.352 e. The number of anilines is 1. The van der Waals surface area contributed by atoms with Crippen molar-refractivity contribution in [2.45, 2.75) is 19.4 Å². The van der Waals surface area contributed by atoms with E-state index in [1.54, 1.807) is 48.8 Å². The first kappa shape index (κ1) is 19.5. The predicted octanol–water partition coefficient (Wildman–Crippen LogP) is 1.75. The minimum Gasteiger partial charge on any atom is -0.352 e. The summed E-state index contributed by atoms with van der Waals surface area (Å²) in [6, 6.07) is 10.4. The molecule has 146 valence electrons. The average molecular weight is 401 g/mol. The highest BCUT2D eigenvalue weighted by molar-refractivity contribution is 7.92.